The van der Waals surface area contributed by atoms with Crippen LogP contribution in [0.2, 0.25) is 0 Å². The minimum Gasteiger partial charge on any atom is -0.459 e. The summed E-state index contributed by atoms with van der Waals surface area (Å²) in [5, 5.41) is 8.12. The number of rotatable bonds is 7. The Labute approximate surface area is 187 Å². The predicted molar refractivity (Wildman–Crippen MR) is 125 cm³/mol. The highest BCUT2D eigenvalue weighted by molar-refractivity contribution is 8.00. The fourth-order valence-corrected chi connectivity index (χ4v) is 4.16. The first-order valence-corrected chi connectivity index (χ1v) is 11.3. The largest absolute Gasteiger partial charge is 0.459 e. The number of anilines is 2. The standard InChI is InChI=1S/C23H19N3O3S2/c1-15-4-6-16(7-5-15)19-13-31-23(25-19)26-21(27)14-30-18-10-8-17(9-11-18)24-22(28)20-3-2-12-29-20/h2-13H,14H2,1H3,(H,24,28)(H,25,26,27). The van der Waals surface area contributed by atoms with Crippen LogP contribution in [0.25, 0.3) is 11.3 Å². The number of hydrogen-bond acceptors (Lipinski definition) is 6. The van der Waals surface area contributed by atoms with E-state index in [2.05, 4.69) is 15.6 Å². The van der Waals surface area contributed by atoms with E-state index in [1.165, 1.54) is 34.9 Å². The van der Waals surface area contributed by atoms with E-state index >= 15 is 0 Å². The second-order valence-electron chi connectivity index (χ2n) is 6.70. The summed E-state index contributed by atoms with van der Waals surface area (Å²) in [5.41, 5.74) is 3.72. The first-order valence-electron chi connectivity index (χ1n) is 9.47. The number of hydrogen-bond donors (Lipinski definition) is 2. The number of carbonyl (C=O) groups excluding carboxylic acids is 2. The molecule has 0 radical (unpaired) electrons. The van der Waals surface area contributed by atoms with Gasteiger partial charge in [-0.25, -0.2) is 4.98 Å². The summed E-state index contributed by atoms with van der Waals surface area (Å²) in [6.07, 6.45) is 1.45. The number of thiazole rings is 1. The van der Waals surface area contributed by atoms with Crippen molar-refractivity contribution in [3.63, 3.8) is 0 Å². The van der Waals surface area contributed by atoms with Crippen molar-refractivity contribution in [2.75, 3.05) is 16.4 Å². The zero-order valence-electron chi connectivity index (χ0n) is 16.6. The van der Waals surface area contributed by atoms with Crippen LogP contribution in [-0.4, -0.2) is 22.6 Å². The van der Waals surface area contributed by atoms with Gasteiger partial charge in [0.05, 0.1) is 17.7 Å². The molecule has 4 rings (SSSR count). The van der Waals surface area contributed by atoms with Crippen molar-refractivity contribution >= 4 is 45.7 Å². The molecular weight excluding hydrogens is 430 g/mol. The van der Waals surface area contributed by atoms with E-state index in [0.717, 1.165) is 16.2 Å². The van der Waals surface area contributed by atoms with Gasteiger partial charge < -0.3 is 15.1 Å². The first kappa shape index (κ1) is 20.9. The lowest BCUT2D eigenvalue weighted by Crippen LogP contribution is -2.13. The highest BCUT2D eigenvalue weighted by Crippen LogP contribution is 2.26. The highest BCUT2D eigenvalue weighted by Gasteiger charge is 2.10. The molecule has 0 saturated heterocycles. The number of carbonyl (C=O) groups is 2. The van der Waals surface area contributed by atoms with Gasteiger partial charge >= 0.3 is 0 Å². The fourth-order valence-electron chi connectivity index (χ4n) is 2.73. The van der Waals surface area contributed by atoms with Crippen molar-refractivity contribution in [1.29, 1.82) is 0 Å². The number of thioether (sulfide) groups is 1. The maximum atomic E-state index is 12.3. The molecule has 0 saturated carbocycles. The average Bonchev–Trinajstić information content (AvgIpc) is 3.46. The highest BCUT2D eigenvalue weighted by atomic mass is 32.2. The molecule has 31 heavy (non-hydrogen) atoms. The van der Waals surface area contributed by atoms with Gasteiger partial charge in [0, 0.05) is 21.5 Å². The minimum absolute atomic E-state index is 0.120. The molecule has 2 amide bonds. The number of aryl methyl sites for hydroxylation is 1. The van der Waals surface area contributed by atoms with Gasteiger partial charge in [-0.2, -0.15) is 0 Å². The molecule has 2 N–H and O–H groups in total. The number of aromatic nitrogens is 1. The molecule has 0 fully saturated rings. The van der Waals surface area contributed by atoms with Gasteiger partial charge in [0.1, 0.15) is 0 Å². The summed E-state index contributed by atoms with van der Waals surface area (Å²) < 4.78 is 5.07. The molecule has 156 valence electrons. The van der Waals surface area contributed by atoms with Crippen LogP contribution in [0, 0.1) is 6.92 Å². The number of amides is 2. The van der Waals surface area contributed by atoms with Gasteiger partial charge in [0.25, 0.3) is 5.91 Å². The Balaban J connectivity index is 1.27. The Morgan fingerprint density at radius 1 is 1.03 bits per heavy atom. The molecule has 0 aliphatic heterocycles. The quantitative estimate of drug-likeness (QED) is 0.354. The lowest BCUT2D eigenvalue weighted by atomic mass is 10.1. The number of nitrogens with zero attached hydrogens (tertiary/aromatic N) is 1. The second kappa shape index (κ2) is 9.63. The van der Waals surface area contributed by atoms with Crippen LogP contribution in [0.5, 0.6) is 0 Å². The molecule has 4 aromatic rings. The third kappa shape index (κ3) is 5.62. The normalized spacial score (nSPS) is 10.6. The topological polar surface area (TPSA) is 84.2 Å². The van der Waals surface area contributed by atoms with E-state index in [0.29, 0.717) is 10.8 Å². The first-order chi connectivity index (χ1) is 15.1. The summed E-state index contributed by atoms with van der Waals surface area (Å²) in [6, 6.07) is 18.7. The molecule has 0 atom stereocenters. The molecule has 2 aromatic heterocycles. The molecule has 6 nitrogen and oxygen atoms in total. The van der Waals surface area contributed by atoms with Crippen LogP contribution in [0.15, 0.2) is 81.6 Å². The Bertz CT molecular complexity index is 1170. The van der Waals surface area contributed by atoms with Crippen LogP contribution in [0.4, 0.5) is 10.8 Å². The van der Waals surface area contributed by atoms with Crippen molar-refractivity contribution in [3.05, 3.63) is 83.6 Å². The molecule has 8 heteroatoms. The lowest BCUT2D eigenvalue weighted by molar-refractivity contribution is -0.113. The van der Waals surface area contributed by atoms with E-state index in [-0.39, 0.29) is 23.3 Å². The Hall–Kier alpha value is -3.36. The molecule has 0 unspecified atom stereocenters. The van der Waals surface area contributed by atoms with Crippen LogP contribution in [-0.2, 0) is 4.79 Å². The number of furan rings is 1. The summed E-state index contributed by atoms with van der Waals surface area (Å²) in [6.45, 7) is 2.04. The van der Waals surface area contributed by atoms with E-state index in [9.17, 15) is 9.59 Å². The minimum atomic E-state index is -0.307. The molecule has 2 heterocycles. The maximum Gasteiger partial charge on any atom is 0.291 e. The zero-order chi connectivity index (χ0) is 21.6. The zero-order valence-corrected chi connectivity index (χ0v) is 18.3. The molecule has 0 bridgehead atoms. The second-order valence-corrected chi connectivity index (χ2v) is 8.60. The van der Waals surface area contributed by atoms with Crippen LogP contribution in [0.1, 0.15) is 16.1 Å². The van der Waals surface area contributed by atoms with E-state index in [1.54, 1.807) is 24.3 Å². The van der Waals surface area contributed by atoms with Gasteiger partial charge in [0.2, 0.25) is 5.91 Å². The molecular formula is C23H19N3O3S2. The number of nitrogens with one attached hydrogen (secondary N) is 2. The van der Waals surface area contributed by atoms with Crippen LogP contribution < -0.4 is 10.6 Å². The van der Waals surface area contributed by atoms with E-state index in [1.807, 2.05) is 48.7 Å². The average molecular weight is 450 g/mol. The van der Waals surface area contributed by atoms with Crippen molar-refractivity contribution < 1.29 is 14.0 Å². The smallest absolute Gasteiger partial charge is 0.291 e. The summed E-state index contributed by atoms with van der Waals surface area (Å²) in [4.78, 5) is 29.7. The molecule has 0 aliphatic carbocycles. The molecule has 0 spiro atoms. The van der Waals surface area contributed by atoms with Crippen molar-refractivity contribution in [1.82, 2.24) is 4.98 Å². The van der Waals surface area contributed by atoms with Crippen LogP contribution >= 0.6 is 23.1 Å². The Morgan fingerprint density at radius 3 is 2.52 bits per heavy atom. The summed E-state index contributed by atoms with van der Waals surface area (Å²) in [5.74, 6) is 0.0865. The van der Waals surface area contributed by atoms with Gasteiger partial charge in [-0.1, -0.05) is 29.8 Å². The van der Waals surface area contributed by atoms with E-state index in [4.69, 9.17) is 4.42 Å². The van der Waals surface area contributed by atoms with Gasteiger partial charge in [-0.15, -0.1) is 23.1 Å². The molecule has 2 aromatic carbocycles. The maximum absolute atomic E-state index is 12.3. The summed E-state index contributed by atoms with van der Waals surface area (Å²) in [7, 11) is 0. The van der Waals surface area contributed by atoms with Crippen LogP contribution in [0.3, 0.4) is 0 Å². The number of benzene rings is 2. The van der Waals surface area contributed by atoms with Gasteiger partial charge in [0.15, 0.2) is 10.9 Å². The SMILES string of the molecule is Cc1ccc(-c2csc(NC(=O)CSc3ccc(NC(=O)c4ccco4)cc3)n2)cc1. The predicted octanol–water partition coefficient (Wildman–Crippen LogP) is 5.69. The van der Waals surface area contributed by atoms with Crippen molar-refractivity contribution in [3.8, 4) is 11.3 Å². The Kier molecular flexibility index (Phi) is 6.49. The van der Waals surface area contributed by atoms with Crippen molar-refractivity contribution in [2.45, 2.75) is 11.8 Å². The third-order valence-corrected chi connectivity index (χ3v) is 6.09. The summed E-state index contributed by atoms with van der Waals surface area (Å²) >= 11 is 2.82. The Morgan fingerprint density at radius 2 is 1.81 bits per heavy atom. The monoisotopic (exact) mass is 449 g/mol. The third-order valence-electron chi connectivity index (χ3n) is 4.32. The molecule has 0 aliphatic rings. The van der Waals surface area contributed by atoms with Gasteiger partial charge in [-0.3, -0.25) is 9.59 Å². The lowest BCUT2D eigenvalue weighted by Gasteiger charge is -2.05. The van der Waals surface area contributed by atoms with Crippen molar-refractivity contribution in [2.24, 2.45) is 0 Å². The van der Waals surface area contributed by atoms with E-state index < -0.39 is 0 Å². The fraction of sp³-hybridized carbons (Fsp3) is 0.0870. The van der Waals surface area contributed by atoms with Gasteiger partial charge in [-0.05, 0) is 43.3 Å².